The summed E-state index contributed by atoms with van der Waals surface area (Å²) >= 11 is 0. The van der Waals surface area contributed by atoms with Crippen molar-refractivity contribution in [3.8, 4) is 0 Å². The van der Waals surface area contributed by atoms with Gasteiger partial charge in [-0.2, -0.15) is 5.10 Å². The largest absolute Gasteiger partial charge is 0.307 e. The van der Waals surface area contributed by atoms with Crippen LogP contribution in [0.25, 0.3) is 0 Å². The Bertz CT molecular complexity index is 751. The molecule has 21 heavy (non-hydrogen) atoms. The summed E-state index contributed by atoms with van der Waals surface area (Å²) in [7, 11) is 1.77. The average Bonchev–Trinajstić information content (AvgIpc) is 3.02. The zero-order valence-electron chi connectivity index (χ0n) is 11.7. The molecule has 0 N–H and O–H groups in total. The van der Waals surface area contributed by atoms with Gasteiger partial charge in [0.1, 0.15) is 0 Å². The quantitative estimate of drug-likeness (QED) is 0.623. The van der Waals surface area contributed by atoms with Gasteiger partial charge in [-0.05, 0) is 18.9 Å². The molecule has 1 aliphatic heterocycles. The van der Waals surface area contributed by atoms with Crippen molar-refractivity contribution in [1.82, 2.24) is 9.78 Å². The van der Waals surface area contributed by atoms with Crippen LogP contribution in [0.1, 0.15) is 21.6 Å². The van der Waals surface area contributed by atoms with E-state index in [1.165, 1.54) is 18.3 Å². The summed E-state index contributed by atoms with van der Waals surface area (Å²) in [6.07, 6.45) is 2.24. The number of nitro groups is 1. The van der Waals surface area contributed by atoms with E-state index in [1.807, 2.05) is 6.92 Å². The number of fused-ring (bicyclic) bond motifs is 1. The minimum absolute atomic E-state index is 0.00337. The highest BCUT2D eigenvalue weighted by molar-refractivity contribution is 6.08. The van der Waals surface area contributed by atoms with E-state index in [4.69, 9.17) is 0 Å². The standard InChI is InChI=1S/C14H14N4O3/c1-9-12(8-15-16(9)2)14(19)17-6-5-10-3-4-11(18(20)21)7-13(10)17/h3-4,7-8H,5-6H2,1-2H3. The van der Waals surface area contributed by atoms with Crippen LogP contribution in [0.5, 0.6) is 0 Å². The van der Waals surface area contributed by atoms with Crippen LogP contribution in [0.2, 0.25) is 0 Å². The molecule has 0 spiro atoms. The Morgan fingerprint density at radius 2 is 2.19 bits per heavy atom. The van der Waals surface area contributed by atoms with Gasteiger partial charge in [-0.1, -0.05) is 6.07 Å². The zero-order valence-corrected chi connectivity index (χ0v) is 11.7. The van der Waals surface area contributed by atoms with Gasteiger partial charge in [0.2, 0.25) is 0 Å². The summed E-state index contributed by atoms with van der Waals surface area (Å²) in [5, 5.41) is 15.0. The zero-order chi connectivity index (χ0) is 15.1. The van der Waals surface area contributed by atoms with Gasteiger partial charge >= 0.3 is 0 Å². The maximum Gasteiger partial charge on any atom is 0.271 e. The predicted octanol–water partition coefficient (Wildman–Crippen LogP) is 1.84. The average molecular weight is 286 g/mol. The van der Waals surface area contributed by atoms with Crippen LogP contribution in [-0.2, 0) is 13.5 Å². The third-order valence-corrected chi connectivity index (χ3v) is 3.89. The Morgan fingerprint density at radius 1 is 1.43 bits per heavy atom. The molecule has 0 saturated heterocycles. The van der Waals surface area contributed by atoms with Crippen molar-refractivity contribution in [2.75, 3.05) is 11.4 Å². The van der Waals surface area contributed by atoms with Crippen LogP contribution in [0.15, 0.2) is 24.4 Å². The highest BCUT2D eigenvalue weighted by atomic mass is 16.6. The molecular formula is C14H14N4O3. The van der Waals surface area contributed by atoms with E-state index in [1.54, 1.807) is 22.7 Å². The number of non-ortho nitro benzene ring substituents is 1. The third-order valence-electron chi connectivity index (χ3n) is 3.89. The van der Waals surface area contributed by atoms with Crippen molar-refractivity contribution in [1.29, 1.82) is 0 Å². The van der Waals surface area contributed by atoms with E-state index in [-0.39, 0.29) is 11.6 Å². The van der Waals surface area contributed by atoms with Gasteiger partial charge in [0.25, 0.3) is 11.6 Å². The number of carbonyl (C=O) groups excluding carboxylic acids is 1. The number of nitrogens with zero attached hydrogens (tertiary/aromatic N) is 4. The van der Waals surface area contributed by atoms with Crippen molar-refractivity contribution >= 4 is 17.3 Å². The Balaban J connectivity index is 2.00. The Kier molecular flexibility index (Phi) is 2.97. The first-order chi connectivity index (χ1) is 9.99. The van der Waals surface area contributed by atoms with Gasteiger partial charge in [-0.25, -0.2) is 0 Å². The number of anilines is 1. The van der Waals surface area contributed by atoms with Crippen LogP contribution < -0.4 is 4.90 Å². The van der Waals surface area contributed by atoms with Gasteiger partial charge in [0.05, 0.1) is 22.4 Å². The Labute approximate surface area is 120 Å². The van der Waals surface area contributed by atoms with Gasteiger partial charge in [-0.3, -0.25) is 19.6 Å². The first-order valence-corrected chi connectivity index (χ1v) is 6.57. The van der Waals surface area contributed by atoms with Crippen molar-refractivity contribution in [3.05, 3.63) is 51.3 Å². The number of carbonyl (C=O) groups is 1. The monoisotopic (exact) mass is 286 g/mol. The summed E-state index contributed by atoms with van der Waals surface area (Å²) in [5.74, 6) is -0.167. The first-order valence-electron chi connectivity index (χ1n) is 6.57. The lowest BCUT2D eigenvalue weighted by Gasteiger charge is -2.16. The lowest BCUT2D eigenvalue weighted by atomic mass is 10.1. The van der Waals surface area contributed by atoms with Crippen molar-refractivity contribution in [2.24, 2.45) is 7.05 Å². The first kappa shape index (κ1) is 13.3. The summed E-state index contributed by atoms with van der Waals surface area (Å²) in [6.45, 7) is 2.36. The lowest BCUT2D eigenvalue weighted by Crippen LogP contribution is -2.29. The SMILES string of the molecule is Cc1c(C(=O)N2CCc3ccc([N+](=O)[O-])cc32)cnn1C. The lowest BCUT2D eigenvalue weighted by molar-refractivity contribution is -0.384. The van der Waals surface area contributed by atoms with Crippen LogP contribution in [0, 0.1) is 17.0 Å². The van der Waals surface area contributed by atoms with Crippen LogP contribution >= 0.6 is 0 Å². The van der Waals surface area contributed by atoms with Gasteiger partial charge in [0.15, 0.2) is 0 Å². The molecule has 0 saturated carbocycles. The Morgan fingerprint density at radius 3 is 2.81 bits per heavy atom. The number of benzene rings is 1. The number of hydrogen-bond donors (Lipinski definition) is 0. The van der Waals surface area contributed by atoms with E-state index in [9.17, 15) is 14.9 Å². The molecule has 0 unspecified atom stereocenters. The molecule has 0 fully saturated rings. The molecule has 0 bridgehead atoms. The molecule has 7 heteroatoms. The molecule has 0 atom stereocenters. The van der Waals surface area contributed by atoms with E-state index in [0.29, 0.717) is 24.2 Å². The smallest absolute Gasteiger partial charge is 0.271 e. The maximum absolute atomic E-state index is 12.6. The molecule has 3 rings (SSSR count). The molecule has 7 nitrogen and oxygen atoms in total. The van der Waals surface area contributed by atoms with E-state index < -0.39 is 4.92 Å². The minimum atomic E-state index is -0.448. The molecule has 2 aromatic rings. The normalized spacial score (nSPS) is 13.3. The van der Waals surface area contributed by atoms with Gasteiger partial charge in [0, 0.05) is 31.4 Å². The van der Waals surface area contributed by atoms with Gasteiger partial charge in [-0.15, -0.1) is 0 Å². The third kappa shape index (κ3) is 2.06. The van der Waals surface area contributed by atoms with E-state index in [2.05, 4.69) is 5.10 Å². The number of aromatic nitrogens is 2. The molecule has 0 aliphatic carbocycles. The summed E-state index contributed by atoms with van der Waals surface area (Å²) in [5.41, 5.74) is 2.88. The highest BCUT2D eigenvalue weighted by Crippen LogP contribution is 2.32. The highest BCUT2D eigenvalue weighted by Gasteiger charge is 2.29. The summed E-state index contributed by atoms with van der Waals surface area (Å²) in [6, 6.07) is 4.66. The maximum atomic E-state index is 12.6. The second-order valence-electron chi connectivity index (χ2n) is 5.04. The fourth-order valence-electron chi connectivity index (χ4n) is 2.55. The number of hydrogen-bond acceptors (Lipinski definition) is 4. The number of amides is 1. The number of aryl methyl sites for hydroxylation is 1. The summed E-state index contributed by atoms with van der Waals surface area (Å²) < 4.78 is 1.64. The molecule has 2 heterocycles. The molecule has 1 amide bonds. The molecule has 0 radical (unpaired) electrons. The predicted molar refractivity (Wildman–Crippen MR) is 76.4 cm³/mol. The van der Waals surface area contributed by atoms with E-state index in [0.717, 1.165) is 11.3 Å². The van der Waals surface area contributed by atoms with Crippen molar-refractivity contribution in [3.63, 3.8) is 0 Å². The topological polar surface area (TPSA) is 81.3 Å². The molecule has 1 aliphatic rings. The molecule has 1 aromatic heterocycles. The van der Waals surface area contributed by atoms with Crippen molar-refractivity contribution < 1.29 is 9.72 Å². The Hall–Kier alpha value is -2.70. The molecule has 1 aromatic carbocycles. The van der Waals surface area contributed by atoms with Crippen LogP contribution in [-0.4, -0.2) is 27.2 Å². The second kappa shape index (κ2) is 4.69. The fraction of sp³-hybridized carbons (Fsp3) is 0.286. The van der Waals surface area contributed by atoms with Gasteiger partial charge < -0.3 is 4.90 Å². The second-order valence-corrected chi connectivity index (χ2v) is 5.04. The molecular weight excluding hydrogens is 272 g/mol. The summed E-state index contributed by atoms with van der Waals surface area (Å²) in [4.78, 5) is 24.7. The molecule has 108 valence electrons. The minimum Gasteiger partial charge on any atom is -0.307 e. The van der Waals surface area contributed by atoms with Crippen molar-refractivity contribution in [2.45, 2.75) is 13.3 Å². The number of nitro benzene ring substituents is 1. The van der Waals surface area contributed by atoms with E-state index >= 15 is 0 Å². The fourth-order valence-corrected chi connectivity index (χ4v) is 2.55. The number of rotatable bonds is 2. The van der Waals surface area contributed by atoms with Crippen LogP contribution in [0.3, 0.4) is 0 Å². The van der Waals surface area contributed by atoms with Crippen LogP contribution in [0.4, 0.5) is 11.4 Å².